The van der Waals surface area contributed by atoms with Crippen molar-refractivity contribution in [2.45, 2.75) is 19.9 Å². The third kappa shape index (κ3) is 4.56. The lowest BCUT2D eigenvalue weighted by molar-refractivity contribution is -0.132. The number of rotatable bonds is 5. The van der Waals surface area contributed by atoms with Crippen molar-refractivity contribution in [3.8, 4) is 16.8 Å². The smallest absolute Gasteiger partial charge is 0.236 e. The Hall–Kier alpha value is -2.95. The third-order valence-corrected chi connectivity index (χ3v) is 6.02. The molecule has 0 bridgehead atoms. The number of aromatic nitrogens is 1. The molecule has 4 rings (SSSR count). The molecule has 1 aliphatic heterocycles. The van der Waals surface area contributed by atoms with Gasteiger partial charge in [-0.2, -0.15) is 5.26 Å². The molecule has 1 saturated heterocycles. The van der Waals surface area contributed by atoms with Gasteiger partial charge in [0.05, 0.1) is 28.6 Å². The van der Waals surface area contributed by atoms with Crippen LogP contribution in [0.2, 0.25) is 0 Å². The molecule has 1 fully saturated rings. The molecular weight excluding hydrogens is 384 g/mol. The first-order valence-corrected chi connectivity index (χ1v) is 10.5. The van der Waals surface area contributed by atoms with Crippen LogP contribution in [0.5, 0.6) is 0 Å². The average molecular weight is 407 g/mol. The molecule has 7 heteroatoms. The highest BCUT2D eigenvalue weighted by Crippen LogP contribution is 2.26. The zero-order valence-corrected chi connectivity index (χ0v) is 17.1. The normalized spacial score (nSPS) is 14.7. The third-order valence-electron chi connectivity index (χ3n) is 5.16. The van der Waals surface area contributed by atoms with Crippen LogP contribution < -0.4 is 0 Å². The van der Waals surface area contributed by atoms with Crippen LogP contribution in [0.4, 0.5) is 0 Å². The van der Waals surface area contributed by atoms with E-state index >= 15 is 0 Å². The fraction of sp³-hybridized carbons (Fsp3) is 0.318. The lowest BCUT2D eigenvalue weighted by atomic mass is 10.1. The van der Waals surface area contributed by atoms with Crippen LogP contribution in [-0.2, 0) is 17.8 Å². The van der Waals surface area contributed by atoms with E-state index in [9.17, 15) is 4.79 Å². The Morgan fingerprint density at radius 2 is 1.97 bits per heavy atom. The fourth-order valence-corrected chi connectivity index (χ4v) is 4.10. The first-order chi connectivity index (χ1) is 14.1. The Morgan fingerprint density at radius 1 is 1.21 bits per heavy atom. The minimum atomic E-state index is 0.0946. The summed E-state index contributed by atoms with van der Waals surface area (Å²) >= 11 is 1.57. The molecule has 1 amide bonds. The molecule has 3 aromatic rings. The number of nitriles is 1. The summed E-state index contributed by atoms with van der Waals surface area (Å²) in [5.41, 5.74) is 2.58. The van der Waals surface area contributed by atoms with Gasteiger partial charge in [-0.1, -0.05) is 18.2 Å². The van der Waals surface area contributed by atoms with Crippen LogP contribution in [0, 0.1) is 18.3 Å². The van der Waals surface area contributed by atoms with E-state index in [1.54, 1.807) is 11.3 Å². The van der Waals surface area contributed by atoms with Gasteiger partial charge in [0, 0.05) is 32.7 Å². The summed E-state index contributed by atoms with van der Waals surface area (Å²) in [5, 5.41) is 10.9. The molecule has 1 aliphatic rings. The van der Waals surface area contributed by atoms with Crippen LogP contribution in [0.25, 0.3) is 10.8 Å². The van der Waals surface area contributed by atoms with Gasteiger partial charge in [0.1, 0.15) is 5.76 Å². The van der Waals surface area contributed by atoms with Crippen molar-refractivity contribution < 1.29 is 9.21 Å². The van der Waals surface area contributed by atoms with Gasteiger partial charge in [-0.3, -0.25) is 9.69 Å². The lowest BCUT2D eigenvalue weighted by Gasteiger charge is -2.34. The number of benzene rings is 1. The van der Waals surface area contributed by atoms with Gasteiger partial charge in [-0.25, -0.2) is 4.98 Å². The second-order valence-electron chi connectivity index (χ2n) is 7.14. The number of carbonyl (C=O) groups is 1. The van der Waals surface area contributed by atoms with Crippen LogP contribution in [0.3, 0.4) is 0 Å². The number of hydrogen-bond donors (Lipinski definition) is 0. The van der Waals surface area contributed by atoms with Gasteiger partial charge in [0.15, 0.2) is 0 Å². The summed E-state index contributed by atoms with van der Waals surface area (Å²) in [7, 11) is 0. The van der Waals surface area contributed by atoms with Crippen molar-refractivity contribution >= 4 is 17.2 Å². The number of amides is 1. The van der Waals surface area contributed by atoms with E-state index < -0.39 is 0 Å². The zero-order chi connectivity index (χ0) is 20.2. The molecule has 3 heterocycles. The topological polar surface area (TPSA) is 73.4 Å². The van der Waals surface area contributed by atoms with E-state index in [2.05, 4.69) is 16.0 Å². The number of oxazole rings is 1. The SMILES string of the molecule is Cc1oc(-c2cccs2)nc1CC(=O)N1CCN(Cc2ccc(C#N)cc2)CC1. The standard InChI is InChI=1S/C22H22N4O2S/c1-16-19(24-22(28-16)20-3-2-12-29-20)13-21(27)26-10-8-25(9-11-26)15-18-6-4-17(14-23)5-7-18/h2-7,12H,8-11,13,15H2,1H3. The number of carbonyl (C=O) groups excluding carboxylic acids is 1. The Balaban J connectivity index is 1.30. The summed E-state index contributed by atoms with van der Waals surface area (Å²) in [4.78, 5) is 22.5. The lowest BCUT2D eigenvalue weighted by Crippen LogP contribution is -2.48. The summed E-state index contributed by atoms with van der Waals surface area (Å²) in [5.74, 6) is 1.39. The van der Waals surface area contributed by atoms with Crippen LogP contribution in [0.15, 0.2) is 46.2 Å². The monoisotopic (exact) mass is 406 g/mol. The molecule has 0 atom stereocenters. The van der Waals surface area contributed by atoms with Gasteiger partial charge in [-0.05, 0) is 36.1 Å². The highest BCUT2D eigenvalue weighted by atomic mass is 32.1. The predicted octanol–water partition coefficient (Wildman–Crippen LogP) is 3.47. The molecule has 0 saturated carbocycles. The van der Waals surface area contributed by atoms with Gasteiger partial charge in [0.2, 0.25) is 11.8 Å². The summed E-state index contributed by atoms with van der Waals surface area (Å²) in [6.07, 6.45) is 0.274. The molecule has 1 aromatic carbocycles. The molecular formula is C22H22N4O2S. The minimum Gasteiger partial charge on any atom is -0.440 e. The van der Waals surface area contributed by atoms with E-state index in [1.165, 1.54) is 5.56 Å². The maximum Gasteiger partial charge on any atom is 0.236 e. The molecule has 2 aromatic heterocycles. The molecule has 29 heavy (non-hydrogen) atoms. The number of thiophene rings is 1. The van der Waals surface area contributed by atoms with Gasteiger partial charge in [0.25, 0.3) is 0 Å². The van der Waals surface area contributed by atoms with Crippen molar-refractivity contribution in [1.29, 1.82) is 5.26 Å². The highest BCUT2D eigenvalue weighted by molar-refractivity contribution is 7.13. The van der Waals surface area contributed by atoms with E-state index in [0.717, 1.165) is 30.2 Å². The highest BCUT2D eigenvalue weighted by Gasteiger charge is 2.23. The largest absolute Gasteiger partial charge is 0.440 e. The van der Waals surface area contributed by atoms with E-state index in [-0.39, 0.29) is 12.3 Å². The Bertz CT molecular complexity index is 1010. The number of nitrogens with zero attached hydrogens (tertiary/aromatic N) is 4. The molecule has 0 unspecified atom stereocenters. The molecule has 0 aliphatic carbocycles. The number of aryl methyl sites for hydroxylation is 1. The molecule has 0 radical (unpaired) electrons. The molecule has 6 nitrogen and oxygen atoms in total. The molecule has 148 valence electrons. The van der Waals surface area contributed by atoms with E-state index in [0.29, 0.717) is 30.3 Å². The van der Waals surface area contributed by atoms with E-state index in [1.807, 2.05) is 53.6 Å². The van der Waals surface area contributed by atoms with Crippen LogP contribution in [0.1, 0.15) is 22.6 Å². The van der Waals surface area contributed by atoms with Crippen molar-refractivity contribution in [1.82, 2.24) is 14.8 Å². The van der Waals surface area contributed by atoms with E-state index in [4.69, 9.17) is 9.68 Å². The van der Waals surface area contributed by atoms with Crippen LogP contribution in [-0.4, -0.2) is 46.9 Å². The quantitative estimate of drug-likeness (QED) is 0.649. The van der Waals surface area contributed by atoms with Crippen LogP contribution >= 0.6 is 11.3 Å². The molecule has 0 spiro atoms. The Morgan fingerprint density at radius 3 is 2.62 bits per heavy atom. The first-order valence-electron chi connectivity index (χ1n) is 9.62. The summed E-state index contributed by atoms with van der Waals surface area (Å²) < 4.78 is 5.75. The summed E-state index contributed by atoms with van der Waals surface area (Å²) in [6, 6.07) is 13.8. The minimum absolute atomic E-state index is 0.0946. The number of piperazine rings is 1. The van der Waals surface area contributed by atoms with Gasteiger partial charge in [-0.15, -0.1) is 11.3 Å². The predicted molar refractivity (Wildman–Crippen MR) is 111 cm³/mol. The maximum atomic E-state index is 12.7. The molecule has 0 N–H and O–H groups in total. The van der Waals surface area contributed by atoms with Crippen molar-refractivity contribution in [3.05, 3.63) is 64.4 Å². The maximum absolute atomic E-state index is 12.7. The number of hydrogen-bond acceptors (Lipinski definition) is 6. The second-order valence-corrected chi connectivity index (χ2v) is 8.09. The van der Waals surface area contributed by atoms with Crippen molar-refractivity contribution in [2.75, 3.05) is 26.2 Å². The van der Waals surface area contributed by atoms with Crippen molar-refractivity contribution in [3.63, 3.8) is 0 Å². The summed E-state index contributed by atoms with van der Waals surface area (Å²) in [6.45, 7) is 5.80. The Labute approximate surface area is 174 Å². The Kier molecular flexibility index (Phi) is 5.74. The van der Waals surface area contributed by atoms with Crippen molar-refractivity contribution in [2.24, 2.45) is 0 Å². The average Bonchev–Trinajstić information content (AvgIpc) is 3.39. The zero-order valence-electron chi connectivity index (χ0n) is 16.3. The first kappa shape index (κ1) is 19.4. The van der Waals surface area contributed by atoms with Gasteiger partial charge < -0.3 is 9.32 Å². The van der Waals surface area contributed by atoms with Gasteiger partial charge >= 0.3 is 0 Å². The second kappa shape index (κ2) is 8.60. The fourth-order valence-electron chi connectivity index (χ4n) is 3.45.